The van der Waals surface area contributed by atoms with Crippen LogP contribution in [0.15, 0.2) is 41.4 Å². The summed E-state index contributed by atoms with van der Waals surface area (Å²) < 4.78 is 29.9. The molecule has 0 fully saturated rings. The van der Waals surface area contributed by atoms with Gasteiger partial charge in [0, 0.05) is 27.2 Å². The standard InChI is InChI=1S/C22H30FN3O3.HI/c1-6-29-19-9-8-17(13-18(19)23)15-25-22(24-2)26(3)12-11-16-7-10-20(27-4)21(14-16)28-5;/h7-10,13-14H,6,11-12,15H2,1-5H3,(H,24,25);1H. The second-order valence-electron chi connectivity index (χ2n) is 6.46. The molecule has 30 heavy (non-hydrogen) atoms. The summed E-state index contributed by atoms with van der Waals surface area (Å²) in [5.41, 5.74) is 1.96. The minimum Gasteiger partial charge on any atom is -0.493 e. The van der Waals surface area contributed by atoms with Gasteiger partial charge in [-0.05, 0) is 48.7 Å². The summed E-state index contributed by atoms with van der Waals surface area (Å²) in [6.45, 7) is 3.49. The van der Waals surface area contributed by atoms with Crippen LogP contribution in [0.2, 0.25) is 0 Å². The second-order valence-corrected chi connectivity index (χ2v) is 6.46. The molecule has 0 heterocycles. The molecule has 0 atom stereocenters. The molecule has 166 valence electrons. The second kappa shape index (κ2) is 13.1. The summed E-state index contributed by atoms with van der Waals surface area (Å²) in [6, 6.07) is 10.9. The van der Waals surface area contributed by atoms with Crippen molar-refractivity contribution >= 4 is 29.9 Å². The van der Waals surface area contributed by atoms with Crippen LogP contribution in [-0.4, -0.2) is 52.3 Å². The Balaban J connectivity index is 0.00000450. The Bertz CT molecular complexity index is 833. The number of nitrogens with one attached hydrogen (secondary N) is 1. The number of guanidine groups is 1. The zero-order valence-corrected chi connectivity index (χ0v) is 20.5. The van der Waals surface area contributed by atoms with Crippen molar-refractivity contribution in [3.05, 3.63) is 53.3 Å². The largest absolute Gasteiger partial charge is 0.493 e. The lowest BCUT2D eigenvalue weighted by Crippen LogP contribution is -2.39. The summed E-state index contributed by atoms with van der Waals surface area (Å²) in [4.78, 5) is 6.34. The fraction of sp³-hybridized carbons (Fsp3) is 0.409. The van der Waals surface area contributed by atoms with Gasteiger partial charge in [-0.1, -0.05) is 12.1 Å². The Hall–Kier alpha value is -2.23. The molecule has 1 N–H and O–H groups in total. The topological polar surface area (TPSA) is 55.3 Å². The van der Waals surface area contributed by atoms with Gasteiger partial charge in [-0.15, -0.1) is 24.0 Å². The Morgan fingerprint density at radius 3 is 2.30 bits per heavy atom. The van der Waals surface area contributed by atoms with E-state index in [1.165, 1.54) is 6.07 Å². The molecule has 0 aromatic heterocycles. The van der Waals surface area contributed by atoms with Gasteiger partial charge in [0.05, 0.1) is 20.8 Å². The average Bonchev–Trinajstić information content (AvgIpc) is 2.74. The van der Waals surface area contributed by atoms with Crippen molar-refractivity contribution < 1.29 is 18.6 Å². The van der Waals surface area contributed by atoms with Gasteiger partial charge in [0.15, 0.2) is 29.0 Å². The average molecular weight is 531 g/mol. The van der Waals surface area contributed by atoms with Crippen molar-refractivity contribution in [2.45, 2.75) is 19.9 Å². The van der Waals surface area contributed by atoms with Crippen LogP contribution in [0.1, 0.15) is 18.1 Å². The van der Waals surface area contributed by atoms with Crippen molar-refractivity contribution in [1.82, 2.24) is 10.2 Å². The maximum absolute atomic E-state index is 14.0. The monoisotopic (exact) mass is 531 g/mol. The third-order valence-electron chi connectivity index (χ3n) is 4.50. The number of hydrogen-bond acceptors (Lipinski definition) is 4. The molecule has 0 unspecified atom stereocenters. The Labute approximate surface area is 195 Å². The molecule has 0 bridgehead atoms. The van der Waals surface area contributed by atoms with Crippen molar-refractivity contribution in [2.75, 3.05) is 41.5 Å². The van der Waals surface area contributed by atoms with E-state index in [-0.39, 0.29) is 35.5 Å². The lowest BCUT2D eigenvalue weighted by Gasteiger charge is -2.22. The van der Waals surface area contributed by atoms with Gasteiger partial charge in [0.25, 0.3) is 0 Å². The van der Waals surface area contributed by atoms with Crippen LogP contribution in [0, 0.1) is 5.82 Å². The van der Waals surface area contributed by atoms with E-state index in [0.29, 0.717) is 24.7 Å². The van der Waals surface area contributed by atoms with E-state index in [2.05, 4.69) is 10.3 Å². The molecule has 2 rings (SSSR count). The minimum absolute atomic E-state index is 0. The lowest BCUT2D eigenvalue weighted by atomic mass is 10.1. The number of nitrogens with zero attached hydrogens (tertiary/aromatic N) is 2. The lowest BCUT2D eigenvalue weighted by molar-refractivity contribution is 0.321. The van der Waals surface area contributed by atoms with Crippen LogP contribution in [0.5, 0.6) is 17.2 Å². The number of methoxy groups -OCH3 is 2. The van der Waals surface area contributed by atoms with Gasteiger partial charge in [-0.2, -0.15) is 0 Å². The third kappa shape index (κ3) is 7.23. The van der Waals surface area contributed by atoms with Crippen LogP contribution >= 0.6 is 24.0 Å². The highest BCUT2D eigenvalue weighted by Gasteiger charge is 2.10. The van der Waals surface area contributed by atoms with E-state index in [4.69, 9.17) is 14.2 Å². The number of rotatable bonds is 9. The Kier molecular flexibility index (Phi) is 11.3. The first kappa shape index (κ1) is 25.8. The van der Waals surface area contributed by atoms with E-state index in [0.717, 1.165) is 30.1 Å². The van der Waals surface area contributed by atoms with Crippen molar-refractivity contribution in [3.8, 4) is 17.2 Å². The molecule has 0 aliphatic rings. The normalized spacial score (nSPS) is 10.8. The molecule has 2 aromatic carbocycles. The molecule has 0 saturated carbocycles. The summed E-state index contributed by atoms with van der Waals surface area (Å²) in [5.74, 6) is 2.08. The highest BCUT2D eigenvalue weighted by Crippen LogP contribution is 2.27. The van der Waals surface area contributed by atoms with Gasteiger partial charge in [-0.3, -0.25) is 4.99 Å². The molecular formula is C22H31FIN3O3. The summed E-state index contributed by atoms with van der Waals surface area (Å²) in [7, 11) is 6.95. The number of benzene rings is 2. The molecule has 2 aromatic rings. The van der Waals surface area contributed by atoms with Gasteiger partial charge < -0.3 is 24.4 Å². The van der Waals surface area contributed by atoms with E-state index in [9.17, 15) is 4.39 Å². The third-order valence-corrected chi connectivity index (χ3v) is 4.50. The van der Waals surface area contributed by atoms with E-state index >= 15 is 0 Å². The van der Waals surface area contributed by atoms with Crippen LogP contribution < -0.4 is 19.5 Å². The van der Waals surface area contributed by atoms with Gasteiger partial charge >= 0.3 is 0 Å². The number of hydrogen-bond donors (Lipinski definition) is 1. The molecular weight excluding hydrogens is 500 g/mol. The highest BCUT2D eigenvalue weighted by molar-refractivity contribution is 14.0. The Morgan fingerprint density at radius 2 is 1.70 bits per heavy atom. The highest BCUT2D eigenvalue weighted by atomic mass is 127. The van der Waals surface area contributed by atoms with Crippen LogP contribution in [-0.2, 0) is 13.0 Å². The zero-order valence-electron chi connectivity index (χ0n) is 18.2. The van der Waals surface area contributed by atoms with Gasteiger partial charge in [-0.25, -0.2) is 4.39 Å². The first-order valence-electron chi connectivity index (χ1n) is 9.56. The molecule has 8 heteroatoms. The first-order chi connectivity index (χ1) is 14.0. The van der Waals surface area contributed by atoms with E-state index in [1.54, 1.807) is 27.3 Å². The Morgan fingerprint density at radius 1 is 1.03 bits per heavy atom. The van der Waals surface area contributed by atoms with Crippen LogP contribution in [0.25, 0.3) is 0 Å². The van der Waals surface area contributed by atoms with Gasteiger partial charge in [0.1, 0.15) is 0 Å². The molecule has 0 amide bonds. The fourth-order valence-electron chi connectivity index (χ4n) is 2.93. The predicted octanol–water partition coefficient (Wildman–Crippen LogP) is 4.11. The van der Waals surface area contributed by atoms with Crippen molar-refractivity contribution in [2.24, 2.45) is 4.99 Å². The van der Waals surface area contributed by atoms with Crippen LogP contribution in [0.4, 0.5) is 4.39 Å². The maximum atomic E-state index is 14.0. The number of ether oxygens (including phenoxy) is 3. The minimum atomic E-state index is -0.358. The zero-order chi connectivity index (χ0) is 21.2. The fourth-order valence-corrected chi connectivity index (χ4v) is 2.93. The number of halogens is 2. The molecule has 0 radical (unpaired) electrons. The quantitative estimate of drug-likeness (QED) is 0.300. The maximum Gasteiger partial charge on any atom is 0.193 e. The molecule has 0 saturated heterocycles. The van der Waals surface area contributed by atoms with Crippen LogP contribution in [0.3, 0.4) is 0 Å². The molecule has 0 aliphatic heterocycles. The van der Waals surface area contributed by atoms with Crippen molar-refractivity contribution in [3.63, 3.8) is 0 Å². The first-order valence-corrected chi connectivity index (χ1v) is 9.56. The SMILES string of the molecule is CCOc1ccc(CNC(=NC)N(C)CCc2ccc(OC)c(OC)c2)cc1F.I. The summed E-state index contributed by atoms with van der Waals surface area (Å²) >= 11 is 0. The summed E-state index contributed by atoms with van der Waals surface area (Å²) in [6.07, 6.45) is 0.815. The van der Waals surface area contributed by atoms with Gasteiger partial charge in [0.2, 0.25) is 0 Å². The molecule has 6 nitrogen and oxygen atoms in total. The number of aliphatic imine (C=N–C) groups is 1. The predicted molar refractivity (Wildman–Crippen MR) is 129 cm³/mol. The van der Waals surface area contributed by atoms with E-state index < -0.39 is 0 Å². The summed E-state index contributed by atoms with van der Waals surface area (Å²) in [5, 5.41) is 3.26. The van der Waals surface area contributed by atoms with E-state index in [1.807, 2.05) is 43.1 Å². The molecule has 0 spiro atoms. The van der Waals surface area contributed by atoms with Crippen molar-refractivity contribution in [1.29, 1.82) is 0 Å². The molecule has 0 aliphatic carbocycles. The smallest absolute Gasteiger partial charge is 0.193 e. The number of likely N-dealkylation sites (N-methyl/N-ethyl adjacent to an activating group) is 1.